The van der Waals surface area contributed by atoms with Gasteiger partial charge in [0, 0.05) is 36.7 Å². The number of benzene rings is 1. The second-order valence-corrected chi connectivity index (χ2v) is 6.22. The van der Waals surface area contributed by atoms with Gasteiger partial charge in [0.05, 0.1) is 0 Å². The summed E-state index contributed by atoms with van der Waals surface area (Å²) in [5, 5.41) is 17.4. The summed E-state index contributed by atoms with van der Waals surface area (Å²) in [5.41, 5.74) is 3.73. The molecule has 0 atom stereocenters. The minimum Gasteiger partial charge on any atom is -0.367 e. The van der Waals surface area contributed by atoms with Crippen molar-refractivity contribution in [3.05, 3.63) is 71.5 Å². The van der Waals surface area contributed by atoms with E-state index in [2.05, 4.69) is 31.1 Å². The Balaban J connectivity index is 1.44. The Morgan fingerprint density at radius 2 is 1.56 bits per heavy atom. The van der Waals surface area contributed by atoms with Crippen molar-refractivity contribution in [2.75, 3.05) is 23.7 Å². The molecule has 0 aliphatic heterocycles. The topological polar surface area (TPSA) is 91.8 Å². The van der Waals surface area contributed by atoms with E-state index in [0.717, 1.165) is 16.8 Å². The highest BCUT2D eigenvalue weighted by Crippen LogP contribution is 2.13. The third-order valence-corrected chi connectivity index (χ3v) is 3.82. The van der Waals surface area contributed by atoms with Crippen LogP contribution in [-0.4, -0.2) is 34.2 Å². The zero-order valence-corrected chi connectivity index (χ0v) is 15.4. The quantitative estimate of drug-likeness (QED) is 0.560. The van der Waals surface area contributed by atoms with Gasteiger partial charge in [0.25, 0.3) is 5.91 Å². The number of rotatable bonds is 7. The molecule has 138 valence electrons. The summed E-state index contributed by atoms with van der Waals surface area (Å²) in [6.45, 7) is 5.02. The van der Waals surface area contributed by atoms with Crippen molar-refractivity contribution in [3.63, 3.8) is 0 Å². The van der Waals surface area contributed by atoms with E-state index in [1.165, 1.54) is 0 Å². The van der Waals surface area contributed by atoms with E-state index in [0.29, 0.717) is 30.3 Å². The first kappa shape index (κ1) is 18.3. The van der Waals surface area contributed by atoms with Gasteiger partial charge in [-0.05, 0) is 50.2 Å². The average molecular weight is 362 g/mol. The van der Waals surface area contributed by atoms with Crippen LogP contribution in [0.3, 0.4) is 0 Å². The molecule has 1 aromatic carbocycles. The largest absolute Gasteiger partial charge is 0.367 e. The summed E-state index contributed by atoms with van der Waals surface area (Å²) >= 11 is 0. The van der Waals surface area contributed by atoms with Gasteiger partial charge in [0.15, 0.2) is 5.82 Å². The highest BCUT2D eigenvalue weighted by molar-refractivity contribution is 5.94. The maximum absolute atomic E-state index is 12.2. The molecule has 0 saturated heterocycles. The van der Waals surface area contributed by atoms with Crippen LogP contribution in [0.4, 0.5) is 17.3 Å². The fraction of sp³-hybridized carbons (Fsp3) is 0.200. The van der Waals surface area contributed by atoms with Crippen LogP contribution in [0, 0.1) is 13.8 Å². The SMILES string of the molecule is Cc1cc(C)cc(C(=O)NCCNc2ccc(Nc3ccncc3)nn2)c1. The number of carbonyl (C=O) groups excluding carboxylic acids is 1. The number of hydrogen-bond acceptors (Lipinski definition) is 6. The molecule has 0 bridgehead atoms. The van der Waals surface area contributed by atoms with Gasteiger partial charge < -0.3 is 16.0 Å². The number of aromatic nitrogens is 3. The first-order chi connectivity index (χ1) is 13.1. The van der Waals surface area contributed by atoms with Crippen LogP contribution in [-0.2, 0) is 0 Å². The summed E-state index contributed by atoms with van der Waals surface area (Å²) in [6, 6.07) is 13.2. The van der Waals surface area contributed by atoms with Crippen LogP contribution in [0.25, 0.3) is 0 Å². The Morgan fingerprint density at radius 3 is 2.22 bits per heavy atom. The predicted octanol–water partition coefficient (Wildman–Crippen LogP) is 3.07. The number of aryl methyl sites for hydroxylation is 2. The number of pyridine rings is 1. The van der Waals surface area contributed by atoms with E-state index in [9.17, 15) is 4.79 Å². The molecule has 0 saturated carbocycles. The minimum atomic E-state index is -0.0772. The Labute approximate surface area is 158 Å². The first-order valence-electron chi connectivity index (χ1n) is 8.71. The summed E-state index contributed by atoms with van der Waals surface area (Å²) in [7, 11) is 0. The molecular formula is C20H22N6O. The fourth-order valence-electron chi connectivity index (χ4n) is 2.65. The number of anilines is 3. The molecule has 0 fully saturated rings. The molecule has 2 heterocycles. The third kappa shape index (κ3) is 5.50. The van der Waals surface area contributed by atoms with Crippen LogP contribution in [0.5, 0.6) is 0 Å². The van der Waals surface area contributed by atoms with Gasteiger partial charge >= 0.3 is 0 Å². The summed E-state index contributed by atoms with van der Waals surface area (Å²) in [5.74, 6) is 1.22. The predicted molar refractivity (Wildman–Crippen MR) is 106 cm³/mol. The molecule has 27 heavy (non-hydrogen) atoms. The minimum absolute atomic E-state index is 0.0772. The zero-order chi connectivity index (χ0) is 19.1. The molecular weight excluding hydrogens is 340 g/mol. The van der Waals surface area contributed by atoms with Crippen LogP contribution in [0.2, 0.25) is 0 Å². The number of hydrogen-bond donors (Lipinski definition) is 3. The highest BCUT2D eigenvalue weighted by atomic mass is 16.1. The van der Waals surface area contributed by atoms with E-state index in [1.807, 2.05) is 56.3 Å². The number of nitrogens with one attached hydrogen (secondary N) is 3. The van der Waals surface area contributed by atoms with Crippen molar-refractivity contribution in [2.24, 2.45) is 0 Å². The number of amides is 1. The van der Waals surface area contributed by atoms with E-state index in [1.54, 1.807) is 12.4 Å². The summed E-state index contributed by atoms with van der Waals surface area (Å²) in [6.07, 6.45) is 3.41. The van der Waals surface area contributed by atoms with Gasteiger partial charge in [0.1, 0.15) is 5.82 Å². The van der Waals surface area contributed by atoms with Crippen molar-refractivity contribution in [3.8, 4) is 0 Å². The average Bonchev–Trinajstić information content (AvgIpc) is 2.66. The molecule has 3 rings (SSSR count). The maximum Gasteiger partial charge on any atom is 0.251 e. The molecule has 3 aromatic rings. The molecule has 7 nitrogen and oxygen atoms in total. The third-order valence-electron chi connectivity index (χ3n) is 3.82. The Bertz CT molecular complexity index is 876. The van der Waals surface area contributed by atoms with Crippen molar-refractivity contribution < 1.29 is 4.79 Å². The lowest BCUT2D eigenvalue weighted by atomic mass is 10.1. The zero-order valence-electron chi connectivity index (χ0n) is 15.4. The molecule has 0 unspecified atom stereocenters. The van der Waals surface area contributed by atoms with Crippen LogP contribution >= 0.6 is 0 Å². The molecule has 1 amide bonds. The lowest BCUT2D eigenvalue weighted by Gasteiger charge is -2.09. The second kappa shape index (κ2) is 8.75. The van der Waals surface area contributed by atoms with Crippen LogP contribution in [0.15, 0.2) is 54.9 Å². The standard InChI is InChI=1S/C20H22N6O/c1-14-11-15(2)13-16(12-14)20(27)23-10-9-22-18-3-4-19(26-25-18)24-17-5-7-21-8-6-17/h3-8,11-13H,9-10H2,1-2H3,(H,22,25)(H,23,27)(H,21,24,26). The van der Waals surface area contributed by atoms with Crippen LogP contribution in [0.1, 0.15) is 21.5 Å². The Hall–Kier alpha value is -3.48. The first-order valence-corrected chi connectivity index (χ1v) is 8.71. The van der Waals surface area contributed by atoms with E-state index >= 15 is 0 Å². The molecule has 0 radical (unpaired) electrons. The lowest BCUT2D eigenvalue weighted by Crippen LogP contribution is -2.29. The van der Waals surface area contributed by atoms with Gasteiger partial charge in [-0.1, -0.05) is 17.2 Å². The van der Waals surface area contributed by atoms with Gasteiger partial charge in [-0.2, -0.15) is 0 Å². The fourth-order valence-corrected chi connectivity index (χ4v) is 2.65. The molecule has 3 N–H and O–H groups in total. The monoisotopic (exact) mass is 362 g/mol. The molecule has 2 aromatic heterocycles. The second-order valence-electron chi connectivity index (χ2n) is 6.22. The normalized spacial score (nSPS) is 10.3. The lowest BCUT2D eigenvalue weighted by molar-refractivity contribution is 0.0955. The number of nitrogens with zero attached hydrogens (tertiary/aromatic N) is 3. The maximum atomic E-state index is 12.2. The van der Waals surface area contributed by atoms with E-state index in [4.69, 9.17) is 0 Å². The van der Waals surface area contributed by atoms with Crippen molar-refractivity contribution in [1.29, 1.82) is 0 Å². The number of carbonyl (C=O) groups is 1. The van der Waals surface area contributed by atoms with Gasteiger partial charge in [-0.3, -0.25) is 9.78 Å². The van der Waals surface area contributed by atoms with Crippen molar-refractivity contribution in [2.45, 2.75) is 13.8 Å². The van der Waals surface area contributed by atoms with Crippen molar-refractivity contribution in [1.82, 2.24) is 20.5 Å². The van der Waals surface area contributed by atoms with E-state index < -0.39 is 0 Å². The summed E-state index contributed by atoms with van der Waals surface area (Å²) in [4.78, 5) is 16.2. The molecule has 0 aliphatic rings. The molecule has 0 aliphatic carbocycles. The van der Waals surface area contributed by atoms with Crippen molar-refractivity contribution >= 4 is 23.2 Å². The molecule has 7 heteroatoms. The Morgan fingerprint density at radius 1 is 0.889 bits per heavy atom. The van der Waals surface area contributed by atoms with Gasteiger partial charge in [-0.15, -0.1) is 10.2 Å². The highest BCUT2D eigenvalue weighted by Gasteiger charge is 2.06. The Kier molecular flexibility index (Phi) is 5.94. The smallest absolute Gasteiger partial charge is 0.251 e. The van der Waals surface area contributed by atoms with Crippen LogP contribution < -0.4 is 16.0 Å². The van der Waals surface area contributed by atoms with E-state index in [-0.39, 0.29) is 5.91 Å². The van der Waals surface area contributed by atoms with Gasteiger partial charge in [-0.25, -0.2) is 0 Å². The molecule has 0 spiro atoms. The van der Waals surface area contributed by atoms with Gasteiger partial charge in [0.2, 0.25) is 0 Å². The summed E-state index contributed by atoms with van der Waals surface area (Å²) < 4.78 is 0.